The Morgan fingerprint density at radius 2 is 1.33 bits per heavy atom. The van der Waals surface area contributed by atoms with Crippen molar-refractivity contribution in [2.75, 3.05) is 0 Å². The number of unbranched alkanes of at least 4 members (excludes halogenated alkanes) is 2. The Morgan fingerprint density at radius 1 is 0.704 bits per heavy atom. The van der Waals surface area contributed by atoms with E-state index in [1.165, 1.54) is 5.56 Å². The molecule has 146 valence electrons. The fourth-order valence-electron chi connectivity index (χ4n) is 3.23. The molecule has 0 unspecified atom stereocenters. The first kappa shape index (κ1) is 21.0. The zero-order valence-electron chi connectivity index (χ0n) is 16.9. The van der Waals surface area contributed by atoms with Crippen molar-refractivity contribution < 1.29 is 14.3 Å². The minimum absolute atomic E-state index is 0.585. The van der Waals surface area contributed by atoms with Crippen molar-refractivity contribution in [1.29, 1.82) is 0 Å². The monoisotopic (exact) mass is 368 g/mol. The molecule has 2 rings (SSSR count). The fourth-order valence-corrected chi connectivity index (χ4v) is 3.23. The number of ether oxygens (including phenoxy) is 2. The van der Waals surface area contributed by atoms with Crippen LogP contribution in [0.3, 0.4) is 0 Å². The zero-order chi connectivity index (χ0) is 19.5. The fraction of sp³-hybridized carbons (Fsp3) is 0.458. The second kappa shape index (κ2) is 11.4. The normalized spacial score (nSPS) is 10.6. The summed E-state index contributed by atoms with van der Waals surface area (Å²) < 4.78 is 11.2. The van der Waals surface area contributed by atoms with Crippen LogP contribution in [0.1, 0.15) is 69.6 Å². The molecule has 0 aliphatic rings. The zero-order valence-corrected chi connectivity index (χ0v) is 16.9. The lowest BCUT2D eigenvalue weighted by Crippen LogP contribution is -2.16. The molecule has 0 saturated carbocycles. The van der Waals surface area contributed by atoms with Gasteiger partial charge >= 0.3 is 6.16 Å². The van der Waals surface area contributed by atoms with Gasteiger partial charge in [-0.05, 0) is 60.9 Å². The highest BCUT2D eigenvalue weighted by Gasteiger charge is 2.15. The number of hydrogen-bond donors (Lipinski definition) is 0. The maximum Gasteiger partial charge on any atom is 0.519 e. The van der Waals surface area contributed by atoms with E-state index in [-0.39, 0.29) is 0 Å². The van der Waals surface area contributed by atoms with Gasteiger partial charge in [-0.25, -0.2) is 4.79 Å². The summed E-state index contributed by atoms with van der Waals surface area (Å²) >= 11 is 0. The van der Waals surface area contributed by atoms with Gasteiger partial charge < -0.3 is 9.47 Å². The second-order valence-corrected chi connectivity index (χ2v) is 6.91. The van der Waals surface area contributed by atoms with E-state index >= 15 is 0 Å². The molecule has 27 heavy (non-hydrogen) atoms. The molecular formula is C24H32O3. The van der Waals surface area contributed by atoms with Gasteiger partial charge in [-0.3, -0.25) is 0 Å². The van der Waals surface area contributed by atoms with E-state index in [0.717, 1.165) is 62.5 Å². The van der Waals surface area contributed by atoms with Crippen LogP contribution >= 0.6 is 0 Å². The Morgan fingerprint density at radius 3 is 2.07 bits per heavy atom. The lowest BCUT2D eigenvalue weighted by atomic mass is 9.97. The number of para-hydroxylation sites is 1. The summed E-state index contributed by atoms with van der Waals surface area (Å²) in [5.41, 5.74) is 3.45. The Bertz CT molecular complexity index is 721. The van der Waals surface area contributed by atoms with Crippen LogP contribution in [0.15, 0.2) is 42.5 Å². The lowest BCUT2D eigenvalue weighted by Gasteiger charge is -2.15. The van der Waals surface area contributed by atoms with Crippen LogP contribution in [0.5, 0.6) is 11.5 Å². The molecule has 0 N–H and O–H groups in total. The Labute approximate surface area is 163 Å². The average molecular weight is 369 g/mol. The molecule has 0 aliphatic heterocycles. The quantitative estimate of drug-likeness (QED) is 0.338. The van der Waals surface area contributed by atoms with Gasteiger partial charge in [0, 0.05) is 0 Å². The third-order valence-electron chi connectivity index (χ3n) is 4.69. The van der Waals surface area contributed by atoms with E-state index in [4.69, 9.17) is 9.47 Å². The molecule has 0 amide bonds. The molecule has 0 spiro atoms. The summed E-state index contributed by atoms with van der Waals surface area (Å²) in [4.78, 5) is 12.4. The van der Waals surface area contributed by atoms with E-state index in [2.05, 4.69) is 26.8 Å². The smallest absolute Gasteiger partial charge is 0.394 e. The van der Waals surface area contributed by atoms with Crippen LogP contribution in [0, 0.1) is 0 Å². The maximum absolute atomic E-state index is 12.4. The SMILES string of the molecule is CCCCc1cccc(OC(=O)Oc2ccccc2CCC)c1CCCC. The first-order chi connectivity index (χ1) is 13.2. The van der Waals surface area contributed by atoms with E-state index in [9.17, 15) is 4.79 Å². The summed E-state index contributed by atoms with van der Waals surface area (Å²) in [6.07, 6.45) is 7.61. The van der Waals surface area contributed by atoms with Crippen molar-refractivity contribution in [3.63, 3.8) is 0 Å². The van der Waals surface area contributed by atoms with Crippen molar-refractivity contribution in [2.45, 2.75) is 72.1 Å². The molecular weight excluding hydrogens is 336 g/mol. The highest BCUT2D eigenvalue weighted by atomic mass is 16.7. The number of carbonyl (C=O) groups excluding carboxylic acids is 1. The third-order valence-corrected chi connectivity index (χ3v) is 4.69. The number of rotatable bonds is 10. The van der Waals surface area contributed by atoms with Gasteiger partial charge in [-0.1, -0.05) is 70.4 Å². The molecule has 0 heterocycles. The van der Waals surface area contributed by atoms with Crippen molar-refractivity contribution in [3.8, 4) is 11.5 Å². The van der Waals surface area contributed by atoms with Gasteiger partial charge in [0.15, 0.2) is 0 Å². The minimum Gasteiger partial charge on any atom is -0.394 e. The summed E-state index contributed by atoms with van der Waals surface area (Å²) in [7, 11) is 0. The average Bonchev–Trinajstić information content (AvgIpc) is 2.67. The molecule has 3 heteroatoms. The molecule has 0 bridgehead atoms. The number of benzene rings is 2. The van der Waals surface area contributed by atoms with Gasteiger partial charge in [0.2, 0.25) is 0 Å². The first-order valence-electron chi connectivity index (χ1n) is 10.3. The Kier molecular flexibility index (Phi) is 8.90. The molecule has 0 aliphatic carbocycles. The molecule has 2 aromatic carbocycles. The molecule has 0 saturated heterocycles. The van der Waals surface area contributed by atoms with Crippen molar-refractivity contribution in [1.82, 2.24) is 0 Å². The van der Waals surface area contributed by atoms with Gasteiger partial charge in [-0.15, -0.1) is 0 Å². The third kappa shape index (κ3) is 6.42. The first-order valence-corrected chi connectivity index (χ1v) is 10.3. The van der Waals surface area contributed by atoms with Crippen LogP contribution < -0.4 is 9.47 Å². The maximum atomic E-state index is 12.4. The van der Waals surface area contributed by atoms with Gasteiger partial charge in [0.25, 0.3) is 0 Å². The molecule has 0 fully saturated rings. The Hall–Kier alpha value is -2.29. The summed E-state index contributed by atoms with van der Waals surface area (Å²) in [6, 6.07) is 13.6. The summed E-state index contributed by atoms with van der Waals surface area (Å²) in [5.74, 6) is 1.22. The Balaban J connectivity index is 2.16. The van der Waals surface area contributed by atoms with Crippen LogP contribution in [0.25, 0.3) is 0 Å². The van der Waals surface area contributed by atoms with Gasteiger partial charge in [-0.2, -0.15) is 0 Å². The lowest BCUT2D eigenvalue weighted by molar-refractivity contribution is 0.151. The largest absolute Gasteiger partial charge is 0.519 e. The summed E-state index contributed by atoms with van der Waals surface area (Å²) in [6.45, 7) is 6.47. The molecule has 0 radical (unpaired) electrons. The predicted octanol–water partition coefficient (Wildman–Crippen LogP) is 6.90. The molecule has 0 atom stereocenters. The number of aryl methyl sites for hydroxylation is 2. The highest BCUT2D eigenvalue weighted by molar-refractivity contribution is 5.68. The van der Waals surface area contributed by atoms with E-state index in [1.807, 2.05) is 36.4 Å². The number of hydrogen-bond acceptors (Lipinski definition) is 3. The van der Waals surface area contributed by atoms with E-state index in [1.54, 1.807) is 0 Å². The van der Waals surface area contributed by atoms with Crippen LogP contribution in [0.2, 0.25) is 0 Å². The van der Waals surface area contributed by atoms with Crippen LogP contribution in [0.4, 0.5) is 4.79 Å². The van der Waals surface area contributed by atoms with Crippen LogP contribution in [-0.4, -0.2) is 6.16 Å². The van der Waals surface area contributed by atoms with Crippen molar-refractivity contribution in [2.24, 2.45) is 0 Å². The van der Waals surface area contributed by atoms with E-state index < -0.39 is 6.16 Å². The molecule has 0 aromatic heterocycles. The molecule has 3 nitrogen and oxygen atoms in total. The van der Waals surface area contributed by atoms with Crippen LogP contribution in [-0.2, 0) is 19.3 Å². The standard InChI is InChI=1S/C24H32O3/c1-4-7-13-19-15-11-18-23(21(19)16-8-5-2)27-24(25)26-22-17-10-9-14-20(22)12-6-3/h9-11,14-15,17-18H,4-8,12-13,16H2,1-3H3. The van der Waals surface area contributed by atoms with E-state index in [0.29, 0.717) is 11.5 Å². The van der Waals surface area contributed by atoms with Crippen molar-refractivity contribution >= 4 is 6.16 Å². The molecule has 2 aromatic rings. The number of carbonyl (C=O) groups is 1. The van der Waals surface area contributed by atoms with Crippen molar-refractivity contribution in [3.05, 3.63) is 59.2 Å². The second-order valence-electron chi connectivity index (χ2n) is 6.91. The topological polar surface area (TPSA) is 35.5 Å². The highest BCUT2D eigenvalue weighted by Crippen LogP contribution is 2.27. The minimum atomic E-state index is -0.663. The van der Waals surface area contributed by atoms with Gasteiger partial charge in [0.1, 0.15) is 11.5 Å². The summed E-state index contributed by atoms with van der Waals surface area (Å²) in [5, 5.41) is 0. The predicted molar refractivity (Wildman–Crippen MR) is 111 cm³/mol. The van der Waals surface area contributed by atoms with Gasteiger partial charge in [0.05, 0.1) is 0 Å².